The van der Waals surface area contributed by atoms with Gasteiger partial charge in [0.1, 0.15) is 5.54 Å². The summed E-state index contributed by atoms with van der Waals surface area (Å²) in [5.41, 5.74) is 0.646. The zero-order chi connectivity index (χ0) is 16.3. The molecular weight excluding hydrogens is 288 g/mol. The molecule has 3 rings (SSSR count). The Labute approximate surface area is 138 Å². The van der Waals surface area contributed by atoms with Crippen LogP contribution in [-0.2, 0) is 11.2 Å². The van der Waals surface area contributed by atoms with Crippen molar-refractivity contribution < 1.29 is 9.59 Å². The summed E-state index contributed by atoms with van der Waals surface area (Å²) in [5, 5.41) is 3.00. The molecule has 0 radical (unpaired) electrons. The molecular formula is C19H26N2O2. The fourth-order valence-electron chi connectivity index (χ4n) is 3.88. The molecule has 0 atom stereocenters. The molecule has 1 aromatic carbocycles. The number of aryl methyl sites for hydroxylation is 1. The summed E-state index contributed by atoms with van der Waals surface area (Å²) < 4.78 is 0. The van der Waals surface area contributed by atoms with E-state index in [0.717, 1.165) is 38.5 Å². The van der Waals surface area contributed by atoms with Gasteiger partial charge in [0, 0.05) is 6.54 Å². The number of nitrogens with one attached hydrogen (secondary N) is 1. The van der Waals surface area contributed by atoms with E-state index in [4.69, 9.17) is 0 Å². The van der Waals surface area contributed by atoms with Crippen molar-refractivity contribution in [1.82, 2.24) is 10.2 Å². The molecule has 0 bridgehead atoms. The van der Waals surface area contributed by atoms with Gasteiger partial charge in [-0.3, -0.25) is 9.69 Å². The first kappa shape index (κ1) is 16.0. The highest BCUT2D eigenvalue weighted by atomic mass is 16.2. The van der Waals surface area contributed by atoms with Crippen LogP contribution in [0.1, 0.15) is 51.0 Å². The second-order valence-electron chi connectivity index (χ2n) is 6.91. The minimum atomic E-state index is -0.602. The number of carbonyl (C=O) groups is 2. The molecule has 4 nitrogen and oxygen atoms in total. The highest BCUT2D eigenvalue weighted by Crippen LogP contribution is 2.37. The number of benzene rings is 1. The van der Waals surface area contributed by atoms with Gasteiger partial charge in [-0.15, -0.1) is 0 Å². The lowest BCUT2D eigenvalue weighted by atomic mass is 9.75. The molecule has 1 N–H and O–H groups in total. The Morgan fingerprint density at radius 2 is 1.87 bits per heavy atom. The minimum Gasteiger partial charge on any atom is -0.323 e. The van der Waals surface area contributed by atoms with Gasteiger partial charge >= 0.3 is 6.03 Å². The average Bonchev–Trinajstić information content (AvgIpc) is 2.81. The Kier molecular flexibility index (Phi) is 4.69. The second-order valence-corrected chi connectivity index (χ2v) is 6.91. The Bertz CT molecular complexity index is 562. The van der Waals surface area contributed by atoms with Gasteiger partial charge in [0.15, 0.2) is 0 Å². The van der Waals surface area contributed by atoms with E-state index in [-0.39, 0.29) is 11.9 Å². The number of urea groups is 1. The molecule has 1 aromatic rings. The van der Waals surface area contributed by atoms with Crippen LogP contribution in [0.5, 0.6) is 0 Å². The first-order chi connectivity index (χ1) is 11.1. The van der Waals surface area contributed by atoms with Crippen LogP contribution >= 0.6 is 0 Å². The molecule has 2 aliphatic rings. The van der Waals surface area contributed by atoms with Gasteiger partial charge < -0.3 is 5.32 Å². The number of nitrogens with zero attached hydrogens (tertiary/aromatic N) is 1. The predicted octanol–water partition coefficient (Wildman–Crippen LogP) is 3.51. The van der Waals surface area contributed by atoms with E-state index in [1.807, 2.05) is 18.2 Å². The van der Waals surface area contributed by atoms with Gasteiger partial charge in [-0.05, 0) is 50.0 Å². The van der Waals surface area contributed by atoms with E-state index in [9.17, 15) is 9.59 Å². The first-order valence-electron chi connectivity index (χ1n) is 8.82. The largest absolute Gasteiger partial charge is 0.325 e. The van der Waals surface area contributed by atoms with Crippen molar-refractivity contribution in [1.29, 1.82) is 0 Å². The highest BCUT2D eigenvalue weighted by Gasteiger charge is 2.51. The third kappa shape index (κ3) is 3.26. The summed E-state index contributed by atoms with van der Waals surface area (Å²) in [6.45, 7) is 2.71. The van der Waals surface area contributed by atoms with Gasteiger partial charge in [0.05, 0.1) is 0 Å². The quantitative estimate of drug-likeness (QED) is 0.846. The molecule has 0 aromatic heterocycles. The van der Waals surface area contributed by atoms with Crippen molar-refractivity contribution in [2.45, 2.75) is 57.4 Å². The van der Waals surface area contributed by atoms with E-state index >= 15 is 0 Å². The molecule has 1 spiro atoms. The van der Waals surface area contributed by atoms with Crippen LogP contribution < -0.4 is 5.32 Å². The fourth-order valence-corrected chi connectivity index (χ4v) is 3.88. The van der Waals surface area contributed by atoms with Crippen molar-refractivity contribution in [3.63, 3.8) is 0 Å². The van der Waals surface area contributed by atoms with Crippen LogP contribution in [0.25, 0.3) is 0 Å². The molecule has 1 saturated carbocycles. The van der Waals surface area contributed by atoms with Crippen LogP contribution in [-0.4, -0.2) is 28.9 Å². The molecule has 1 aliphatic heterocycles. The minimum absolute atomic E-state index is 0.00474. The highest BCUT2D eigenvalue weighted by molar-refractivity contribution is 6.07. The van der Waals surface area contributed by atoms with Crippen LogP contribution in [0.3, 0.4) is 0 Å². The van der Waals surface area contributed by atoms with Crippen molar-refractivity contribution in [2.75, 3.05) is 6.54 Å². The molecule has 2 fully saturated rings. The number of imide groups is 1. The molecule has 3 amide bonds. The van der Waals surface area contributed by atoms with Gasteiger partial charge in [-0.1, -0.05) is 43.7 Å². The van der Waals surface area contributed by atoms with Crippen LogP contribution in [0.15, 0.2) is 30.3 Å². The van der Waals surface area contributed by atoms with Crippen LogP contribution in [0, 0.1) is 5.92 Å². The zero-order valence-electron chi connectivity index (χ0n) is 13.9. The van der Waals surface area contributed by atoms with Gasteiger partial charge in [-0.2, -0.15) is 0 Å². The van der Waals surface area contributed by atoms with E-state index in [1.54, 1.807) is 0 Å². The predicted molar refractivity (Wildman–Crippen MR) is 90.0 cm³/mol. The van der Waals surface area contributed by atoms with E-state index in [0.29, 0.717) is 12.5 Å². The lowest BCUT2D eigenvalue weighted by molar-refractivity contribution is -0.132. The standard InChI is InChI=1S/C19H26N2O2/c1-2-15-10-12-19(13-11-15)17(22)21(18(23)20-19)14-6-9-16-7-4-3-5-8-16/h3-5,7-8,15H,2,6,9-14H2,1H3,(H,20,23). The number of carbonyl (C=O) groups excluding carboxylic acids is 2. The van der Waals surface area contributed by atoms with Gasteiger partial charge in [-0.25, -0.2) is 4.79 Å². The summed E-state index contributed by atoms with van der Waals surface area (Å²) in [6.07, 6.45) is 6.55. The van der Waals surface area contributed by atoms with Gasteiger partial charge in [0.2, 0.25) is 0 Å². The molecule has 1 aliphatic carbocycles. The fraction of sp³-hybridized carbons (Fsp3) is 0.579. The second kappa shape index (κ2) is 6.73. The Hall–Kier alpha value is -1.84. The van der Waals surface area contributed by atoms with E-state index < -0.39 is 5.54 Å². The van der Waals surface area contributed by atoms with E-state index in [2.05, 4.69) is 24.4 Å². The number of amides is 3. The van der Waals surface area contributed by atoms with Crippen LogP contribution in [0.2, 0.25) is 0 Å². The summed E-state index contributed by atoms with van der Waals surface area (Å²) in [6, 6.07) is 10.0. The maximum absolute atomic E-state index is 12.8. The monoisotopic (exact) mass is 314 g/mol. The molecule has 4 heteroatoms. The van der Waals surface area contributed by atoms with Crippen molar-refractivity contribution in [2.24, 2.45) is 5.92 Å². The zero-order valence-corrected chi connectivity index (χ0v) is 13.9. The Morgan fingerprint density at radius 3 is 2.52 bits per heavy atom. The molecule has 1 heterocycles. The topological polar surface area (TPSA) is 49.4 Å². The molecule has 124 valence electrons. The SMILES string of the molecule is CCC1CCC2(CC1)NC(=O)N(CCCc1ccccc1)C2=O. The Morgan fingerprint density at radius 1 is 1.17 bits per heavy atom. The number of rotatable bonds is 5. The smallest absolute Gasteiger partial charge is 0.323 e. The first-order valence-corrected chi connectivity index (χ1v) is 8.82. The Balaban J connectivity index is 1.56. The lowest BCUT2D eigenvalue weighted by Gasteiger charge is -2.34. The summed E-state index contributed by atoms with van der Waals surface area (Å²) in [5.74, 6) is 0.711. The third-order valence-electron chi connectivity index (χ3n) is 5.47. The maximum Gasteiger partial charge on any atom is 0.325 e. The summed E-state index contributed by atoms with van der Waals surface area (Å²) >= 11 is 0. The number of hydrogen-bond donors (Lipinski definition) is 1. The third-order valence-corrected chi connectivity index (χ3v) is 5.47. The van der Waals surface area contributed by atoms with Crippen molar-refractivity contribution in [3.8, 4) is 0 Å². The lowest BCUT2D eigenvalue weighted by Crippen LogP contribution is -2.49. The van der Waals surface area contributed by atoms with Gasteiger partial charge in [0.25, 0.3) is 5.91 Å². The average molecular weight is 314 g/mol. The number of hydrogen-bond acceptors (Lipinski definition) is 2. The van der Waals surface area contributed by atoms with Crippen LogP contribution in [0.4, 0.5) is 4.79 Å². The molecule has 0 unspecified atom stereocenters. The normalized spacial score (nSPS) is 27.5. The summed E-state index contributed by atoms with van der Waals surface area (Å²) in [7, 11) is 0. The molecule has 23 heavy (non-hydrogen) atoms. The van der Waals surface area contributed by atoms with E-state index in [1.165, 1.54) is 16.9 Å². The summed E-state index contributed by atoms with van der Waals surface area (Å²) in [4.78, 5) is 26.5. The molecule has 1 saturated heterocycles. The van der Waals surface area contributed by atoms with Crippen molar-refractivity contribution >= 4 is 11.9 Å². The maximum atomic E-state index is 12.8. The van der Waals surface area contributed by atoms with Crippen molar-refractivity contribution in [3.05, 3.63) is 35.9 Å².